The molecule has 0 aromatic heterocycles. The Hall–Kier alpha value is -0.530. The lowest BCUT2D eigenvalue weighted by Crippen LogP contribution is -2.32. The van der Waals surface area contributed by atoms with E-state index in [4.69, 9.17) is 4.74 Å². The van der Waals surface area contributed by atoms with Gasteiger partial charge >= 0.3 is 5.97 Å². The summed E-state index contributed by atoms with van der Waals surface area (Å²) >= 11 is 0. The molecular weight excluding hydrogens is 248 g/mol. The number of hydrogen-bond acceptors (Lipinski definition) is 2. The monoisotopic (exact) mass is 282 g/mol. The Labute approximate surface area is 125 Å². The average Bonchev–Trinajstić information content (AvgIpc) is 2.26. The highest BCUT2D eigenvalue weighted by molar-refractivity contribution is 5.72. The van der Waals surface area contributed by atoms with Gasteiger partial charge in [-0.05, 0) is 48.9 Å². The predicted molar refractivity (Wildman–Crippen MR) is 84.5 cm³/mol. The van der Waals surface area contributed by atoms with E-state index in [1.807, 2.05) is 6.92 Å². The summed E-state index contributed by atoms with van der Waals surface area (Å²) in [5.41, 5.74) is 0.566. The summed E-state index contributed by atoms with van der Waals surface area (Å²) in [7, 11) is 0. The Bertz CT molecular complexity index is 311. The van der Waals surface area contributed by atoms with Gasteiger partial charge in [-0.3, -0.25) is 4.79 Å². The highest BCUT2D eigenvalue weighted by Crippen LogP contribution is 2.38. The molecular formula is C18H34O2. The quantitative estimate of drug-likeness (QED) is 0.664. The lowest BCUT2D eigenvalue weighted by atomic mass is 9.72. The van der Waals surface area contributed by atoms with Crippen LogP contribution in [0.3, 0.4) is 0 Å². The largest absolute Gasteiger partial charge is 0.462 e. The van der Waals surface area contributed by atoms with Gasteiger partial charge in [0, 0.05) is 0 Å². The highest BCUT2D eigenvalue weighted by atomic mass is 16.5. The molecule has 0 N–H and O–H groups in total. The van der Waals surface area contributed by atoms with E-state index in [2.05, 4.69) is 41.5 Å². The molecule has 1 fully saturated rings. The second-order valence-corrected chi connectivity index (χ2v) is 8.94. The molecule has 0 aliphatic heterocycles. The lowest BCUT2D eigenvalue weighted by molar-refractivity contribution is -0.156. The van der Waals surface area contributed by atoms with E-state index in [0.717, 1.165) is 25.2 Å². The maximum atomic E-state index is 12.1. The highest BCUT2D eigenvalue weighted by Gasteiger charge is 2.32. The first-order chi connectivity index (χ1) is 8.99. The summed E-state index contributed by atoms with van der Waals surface area (Å²) in [5.74, 6) is 0.777. The van der Waals surface area contributed by atoms with Gasteiger partial charge in [0.05, 0.1) is 5.92 Å². The van der Waals surface area contributed by atoms with Crippen LogP contribution >= 0.6 is 0 Å². The van der Waals surface area contributed by atoms with Crippen molar-refractivity contribution in [3.8, 4) is 0 Å². The Morgan fingerprint density at radius 3 is 1.95 bits per heavy atom. The van der Waals surface area contributed by atoms with Crippen LogP contribution in [0.1, 0.15) is 80.6 Å². The molecule has 1 rings (SSSR count). The zero-order valence-corrected chi connectivity index (χ0v) is 14.6. The molecule has 1 saturated carbocycles. The van der Waals surface area contributed by atoms with Crippen molar-refractivity contribution in [1.29, 1.82) is 0 Å². The Kier molecular flexibility index (Phi) is 5.69. The first-order valence-electron chi connectivity index (χ1n) is 8.19. The van der Waals surface area contributed by atoms with Crippen molar-refractivity contribution in [2.45, 2.75) is 86.7 Å². The molecule has 1 aliphatic rings. The maximum Gasteiger partial charge on any atom is 0.308 e. The number of esters is 1. The van der Waals surface area contributed by atoms with Gasteiger partial charge in [0.2, 0.25) is 0 Å². The van der Waals surface area contributed by atoms with Gasteiger partial charge in [0.15, 0.2) is 0 Å². The van der Waals surface area contributed by atoms with Crippen molar-refractivity contribution >= 4 is 5.97 Å². The molecule has 118 valence electrons. The number of ether oxygens (including phenoxy) is 1. The summed E-state index contributed by atoms with van der Waals surface area (Å²) in [6.07, 6.45) is 5.50. The van der Waals surface area contributed by atoms with E-state index in [1.165, 1.54) is 12.8 Å². The molecule has 1 unspecified atom stereocenters. The molecule has 20 heavy (non-hydrogen) atoms. The Balaban J connectivity index is 2.38. The fourth-order valence-electron chi connectivity index (χ4n) is 3.33. The number of hydrogen-bond donors (Lipinski definition) is 0. The smallest absolute Gasteiger partial charge is 0.308 e. The van der Waals surface area contributed by atoms with Gasteiger partial charge in [-0.1, -0.05) is 48.5 Å². The van der Waals surface area contributed by atoms with E-state index in [-0.39, 0.29) is 23.4 Å². The first-order valence-corrected chi connectivity index (χ1v) is 8.19. The van der Waals surface area contributed by atoms with Crippen LogP contribution in [0.4, 0.5) is 0 Å². The second kappa shape index (κ2) is 6.49. The molecule has 2 heteroatoms. The molecule has 0 saturated heterocycles. The third-order valence-electron chi connectivity index (χ3n) is 4.50. The van der Waals surface area contributed by atoms with Crippen LogP contribution in [-0.4, -0.2) is 12.1 Å². The molecule has 0 bridgehead atoms. The normalized spacial score (nSPS) is 26.1. The van der Waals surface area contributed by atoms with Crippen LogP contribution < -0.4 is 0 Å². The molecule has 0 amide bonds. The lowest BCUT2D eigenvalue weighted by Gasteiger charge is -2.37. The maximum absolute atomic E-state index is 12.1. The fraction of sp³-hybridized carbons (Fsp3) is 0.944. The van der Waals surface area contributed by atoms with Crippen molar-refractivity contribution < 1.29 is 9.53 Å². The van der Waals surface area contributed by atoms with Crippen molar-refractivity contribution in [1.82, 2.24) is 0 Å². The van der Waals surface area contributed by atoms with Crippen LogP contribution in [0.5, 0.6) is 0 Å². The minimum Gasteiger partial charge on any atom is -0.462 e. The minimum atomic E-state index is -0.000802. The van der Waals surface area contributed by atoms with E-state index < -0.39 is 0 Å². The van der Waals surface area contributed by atoms with Crippen molar-refractivity contribution in [3.63, 3.8) is 0 Å². The van der Waals surface area contributed by atoms with E-state index in [9.17, 15) is 4.79 Å². The standard InChI is InChI=1S/C18H34O2/c1-13(12-17(2,3)4)16(19)20-15-10-8-14(9-11-15)18(5,6)7/h13-15H,8-12H2,1-7H3. The zero-order valence-electron chi connectivity index (χ0n) is 14.6. The fourth-order valence-corrected chi connectivity index (χ4v) is 3.33. The SMILES string of the molecule is CC(CC(C)(C)C)C(=O)OC1CCC(C(C)(C)C)CC1. The Morgan fingerprint density at radius 2 is 1.55 bits per heavy atom. The van der Waals surface area contributed by atoms with Crippen LogP contribution in [0, 0.1) is 22.7 Å². The Morgan fingerprint density at radius 1 is 1.05 bits per heavy atom. The summed E-state index contributed by atoms with van der Waals surface area (Å²) in [6, 6.07) is 0. The summed E-state index contributed by atoms with van der Waals surface area (Å²) in [5, 5.41) is 0. The van der Waals surface area contributed by atoms with Gasteiger partial charge < -0.3 is 4.74 Å². The second-order valence-electron chi connectivity index (χ2n) is 8.94. The minimum absolute atomic E-state index is 0.000802. The van der Waals surface area contributed by atoms with Crippen LogP contribution in [0.2, 0.25) is 0 Å². The zero-order chi connectivity index (χ0) is 15.6. The summed E-state index contributed by atoms with van der Waals surface area (Å²) in [4.78, 5) is 12.1. The van der Waals surface area contributed by atoms with Gasteiger partial charge in [-0.15, -0.1) is 0 Å². The van der Waals surface area contributed by atoms with Crippen molar-refractivity contribution in [3.05, 3.63) is 0 Å². The third-order valence-corrected chi connectivity index (χ3v) is 4.50. The molecule has 0 aromatic rings. The molecule has 0 aromatic carbocycles. The number of rotatable bonds is 3. The molecule has 1 atom stereocenters. The van der Waals surface area contributed by atoms with Crippen molar-refractivity contribution in [2.24, 2.45) is 22.7 Å². The summed E-state index contributed by atoms with van der Waals surface area (Å²) in [6.45, 7) is 15.5. The molecule has 0 radical (unpaired) electrons. The predicted octanol–water partition coefficient (Wildman–Crippen LogP) is 5.21. The summed E-state index contributed by atoms with van der Waals surface area (Å²) < 4.78 is 5.72. The number of carbonyl (C=O) groups excluding carboxylic acids is 1. The van der Waals surface area contributed by atoms with Gasteiger partial charge in [0.1, 0.15) is 6.10 Å². The number of carbonyl (C=O) groups is 1. The molecule has 1 aliphatic carbocycles. The van der Waals surface area contributed by atoms with Crippen LogP contribution in [0.25, 0.3) is 0 Å². The molecule has 0 spiro atoms. The first kappa shape index (κ1) is 17.5. The molecule has 2 nitrogen and oxygen atoms in total. The average molecular weight is 282 g/mol. The van der Waals surface area contributed by atoms with Crippen molar-refractivity contribution in [2.75, 3.05) is 0 Å². The van der Waals surface area contributed by atoms with Gasteiger partial charge in [-0.25, -0.2) is 0 Å². The van der Waals surface area contributed by atoms with Crippen LogP contribution in [-0.2, 0) is 9.53 Å². The van der Waals surface area contributed by atoms with E-state index in [1.54, 1.807) is 0 Å². The van der Waals surface area contributed by atoms with E-state index in [0.29, 0.717) is 5.41 Å². The topological polar surface area (TPSA) is 26.3 Å². The molecule has 0 heterocycles. The van der Waals surface area contributed by atoms with Gasteiger partial charge in [0.25, 0.3) is 0 Å². The van der Waals surface area contributed by atoms with Gasteiger partial charge in [-0.2, -0.15) is 0 Å². The van der Waals surface area contributed by atoms with E-state index >= 15 is 0 Å². The van der Waals surface area contributed by atoms with Crippen LogP contribution in [0.15, 0.2) is 0 Å². The third kappa shape index (κ3) is 5.85.